The van der Waals surface area contributed by atoms with Crippen LogP contribution in [0.4, 0.5) is 0 Å². The number of carboxylic acid groups (broad SMARTS) is 1. The van der Waals surface area contributed by atoms with Gasteiger partial charge in [0, 0.05) is 4.90 Å². The lowest BCUT2D eigenvalue weighted by molar-refractivity contribution is 0.0697. The molecular formula is C12H10N2O2S. The maximum atomic E-state index is 10.7. The number of benzene rings is 1. The molecule has 17 heavy (non-hydrogen) atoms. The van der Waals surface area contributed by atoms with E-state index in [1.54, 1.807) is 24.3 Å². The van der Waals surface area contributed by atoms with E-state index in [4.69, 9.17) is 5.11 Å². The van der Waals surface area contributed by atoms with Crippen molar-refractivity contribution >= 4 is 17.7 Å². The van der Waals surface area contributed by atoms with E-state index in [1.165, 1.54) is 11.8 Å². The van der Waals surface area contributed by atoms with Gasteiger partial charge < -0.3 is 5.11 Å². The van der Waals surface area contributed by atoms with Crippen LogP contribution in [0.5, 0.6) is 0 Å². The molecule has 0 unspecified atom stereocenters. The van der Waals surface area contributed by atoms with Crippen LogP contribution in [0.1, 0.15) is 16.1 Å². The van der Waals surface area contributed by atoms with Gasteiger partial charge in [-0.15, -0.1) is 5.10 Å². The number of carbonyl (C=O) groups is 1. The van der Waals surface area contributed by atoms with Crippen molar-refractivity contribution < 1.29 is 9.90 Å². The Balaban J connectivity index is 2.13. The molecule has 0 atom stereocenters. The molecule has 4 nitrogen and oxygen atoms in total. The summed E-state index contributed by atoms with van der Waals surface area (Å²) in [7, 11) is 0. The number of hydrogen-bond acceptors (Lipinski definition) is 4. The van der Waals surface area contributed by atoms with E-state index in [0.717, 1.165) is 15.6 Å². The predicted molar refractivity (Wildman–Crippen MR) is 64.3 cm³/mol. The lowest BCUT2D eigenvalue weighted by Gasteiger charge is -2.01. The van der Waals surface area contributed by atoms with Gasteiger partial charge in [-0.3, -0.25) is 0 Å². The first-order valence-corrected chi connectivity index (χ1v) is 5.78. The maximum Gasteiger partial charge on any atom is 0.335 e. The van der Waals surface area contributed by atoms with Gasteiger partial charge in [-0.25, -0.2) is 4.79 Å². The number of carboxylic acids is 1. The summed E-state index contributed by atoms with van der Waals surface area (Å²) in [4.78, 5) is 11.6. The maximum absolute atomic E-state index is 10.7. The van der Waals surface area contributed by atoms with Crippen LogP contribution >= 0.6 is 11.8 Å². The average Bonchev–Trinajstić information content (AvgIpc) is 2.33. The number of hydrogen-bond donors (Lipinski definition) is 1. The van der Waals surface area contributed by atoms with E-state index in [0.29, 0.717) is 0 Å². The van der Waals surface area contributed by atoms with Gasteiger partial charge >= 0.3 is 5.97 Å². The van der Waals surface area contributed by atoms with Crippen molar-refractivity contribution in [2.45, 2.75) is 16.8 Å². The summed E-state index contributed by atoms with van der Waals surface area (Å²) in [6.45, 7) is 1.88. The number of aromatic nitrogens is 2. The van der Waals surface area contributed by atoms with Gasteiger partial charge in [-0.05, 0) is 43.3 Å². The fourth-order valence-corrected chi connectivity index (χ4v) is 1.96. The van der Waals surface area contributed by atoms with E-state index < -0.39 is 5.97 Å². The van der Waals surface area contributed by atoms with Crippen LogP contribution in [-0.2, 0) is 0 Å². The summed E-state index contributed by atoms with van der Waals surface area (Å²) < 4.78 is 0. The van der Waals surface area contributed by atoms with Crippen LogP contribution in [-0.4, -0.2) is 21.3 Å². The fourth-order valence-electron chi connectivity index (χ4n) is 1.23. The molecule has 5 heteroatoms. The minimum Gasteiger partial charge on any atom is -0.478 e. The monoisotopic (exact) mass is 246 g/mol. The Labute approximate surface area is 103 Å². The second kappa shape index (κ2) is 4.97. The predicted octanol–water partition coefficient (Wildman–Crippen LogP) is 2.63. The highest BCUT2D eigenvalue weighted by Crippen LogP contribution is 2.25. The Morgan fingerprint density at radius 3 is 2.35 bits per heavy atom. The molecule has 0 aliphatic carbocycles. The highest BCUT2D eigenvalue weighted by molar-refractivity contribution is 7.99. The van der Waals surface area contributed by atoms with Crippen molar-refractivity contribution in [1.29, 1.82) is 0 Å². The molecule has 1 N–H and O–H groups in total. The van der Waals surface area contributed by atoms with Gasteiger partial charge in [0.05, 0.1) is 11.3 Å². The molecule has 1 aromatic carbocycles. The molecule has 0 spiro atoms. The van der Waals surface area contributed by atoms with E-state index in [-0.39, 0.29) is 5.56 Å². The van der Waals surface area contributed by atoms with Gasteiger partial charge in [-0.1, -0.05) is 11.8 Å². The van der Waals surface area contributed by atoms with Crippen LogP contribution in [0, 0.1) is 6.92 Å². The molecule has 0 amide bonds. The normalized spacial score (nSPS) is 10.2. The quantitative estimate of drug-likeness (QED) is 0.902. The number of aromatic carboxylic acids is 1. The number of rotatable bonds is 3. The average molecular weight is 246 g/mol. The molecule has 2 rings (SSSR count). The highest BCUT2D eigenvalue weighted by Gasteiger charge is 2.03. The zero-order chi connectivity index (χ0) is 12.3. The molecule has 0 radical (unpaired) electrons. The first-order valence-electron chi connectivity index (χ1n) is 4.97. The topological polar surface area (TPSA) is 63.1 Å². The van der Waals surface area contributed by atoms with Gasteiger partial charge in [0.15, 0.2) is 0 Å². The van der Waals surface area contributed by atoms with Crippen LogP contribution in [0.2, 0.25) is 0 Å². The summed E-state index contributed by atoms with van der Waals surface area (Å²) in [5, 5.41) is 17.5. The fraction of sp³-hybridized carbons (Fsp3) is 0.0833. The molecule has 1 aromatic heterocycles. The van der Waals surface area contributed by atoms with Gasteiger partial charge in [0.1, 0.15) is 5.03 Å². The summed E-state index contributed by atoms with van der Waals surface area (Å²) in [6.07, 6.45) is 0. The summed E-state index contributed by atoms with van der Waals surface area (Å²) in [5.74, 6) is -0.920. The van der Waals surface area contributed by atoms with Crippen LogP contribution < -0.4 is 0 Å². The lowest BCUT2D eigenvalue weighted by atomic mass is 10.2. The van der Waals surface area contributed by atoms with Crippen LogP contribution in [0.3, 0.4) is 0 Å². The zero-order valence-corrected chi connectivity index (χ0v) is 9.94. The Morgan fingerprint density at radius 1 is 1.12 bits per heavy atom. The Kier molecular flexibility index (Phi) is 3.39. The van der Waals surface area contributed by atoms with Crippen LogP contribution in [0.15, 0.2) is 46.3 Å². The van der Waals surface area contributed by atoms with E-state index >= 15 is 0 Å². The van der Waals surface area contributed by atoms with Gasteiger partial charge in [0.25, 0.3) is 0 Å². The third-order valence-corrected chi connectivity index (χ3v) is 3.03. The van der Waals surface area contributed by atoms with Crippen molar-refractivity contribution in [3.63, 3.8) is 0 Å². The van der Waals surface area contributed by atoms with E-state index in [9.17, 15) is 4.79 Å². The Morgan fingerprint density at radius 2 is 1.82 bits per heavy atom. The molecule has 0 saturated heterocycles. The van der Waals surface area contributed by atoms with Gasteiger partial charge in [-0.2, -0.15) is 5.10 Å². The molecule has 0 fully saturated rings. The minimum atomic E-state index is -0.920. The number of nitrogens with zero attached hydrogens (tertiary/aromatic N) is 2. The molecule has 0 aliphatic heterocycles. The second-order valence-electron chi connectivity index (χ2n) is 3.44. The number of aryl methyl sites for hydroxylation is 1. The van der Waals surface area contributed by atoms with Crippen molar-refractivity contribution in [2.75, 3.05) is 0 Å². The van der Waals surface area contributed by atoms with Crippen molar-refractivity contribution in [3.05, 3.63) is 47.7 Å². The summed E-state index contributed by atoms with van der Waals surface area (Å²) in [5.41, 5.74) is 1.15. The van der Waals surface area contributed by atoms with Crippen LogP contribution in [0.25, 0.3) is 0 Å². The molecule has 2 aromatic rings. The first kappa shape index (κ1) is 11.6. The molecular weight excluding hydrogens is 236 g/mol. The summed E-state index contributed by atoms with van der Waals surface area (Å²) >= 11 is 1.45. The van der Waals surface area contributed by atoms with Crippen molar-refractivity contribution in [1.82, 2.24) is 10.2 Å². The molecule has 0 saturated carbocycles. The lowest BCUT2D eigenvalue weighted by Crippen LogP contribution is -1.94. The standard InChI is InChI=1S/C12H10N2O2S/c1-8-2-7-11(14-13-8)17-10-5-3-9(4-6-10)12(15)16/h2-7H,1H3,(H,15,16). The third-order valence-electron chi connectivity index (χ3n) is 2.10. The van der Waals surface area contributed by atoms with Crippen molar-refractivity contribution in [3.8, 4) is 0 Å². The molecule has 1 heterocycles. The minimum absolute atomic E-state index is 0.282. The van der Waals surface area contributed by atoms with Crippen molar-refractivity contribution in [2.24, 2.45) is 0 Å². The second-order valence-corrected chi connectivity index (χ2v) is 4.54. The SMILES string of the molecule is Cc1ccc(Sc2ccc(C(=O)O)cc2)nn1. The van der Waals surface area contributed by atoms with E-state index in [1.807, 2.05) is 19.1 Å². The third kappa shape index (κ3) is 3.04. The Hall–Kier alpha value is -1.88. The van der Waals surface area contributed by atoms with E-state index in [2.05, 4.69) is 10.2 Å². The Bertz CT molecular complexity index is 523. The summed E-state index contributed by atoms with van der Waals surface area (Å²) in [6, 6.07) is 10.4. The zero-order valence-electron chi connectivity index (χ0n) is 9.12. The largest absolute Gasteiger partial charge is 0.478 e. The first-order chi connectivity index (χ1) is 8.15. The molecule has 86 valence electrons. The molecule has 0 aliphatic rings. The molecule has 0 bridgehead atoms. The smallest absolute Gasteiger partial charge is 0.335 e. The highest BCUT2D eigenvalue weighted by atomic mass is 32.2. The van der Waals surface area contributed by atoms with Gasteiger partial charge in [0.2, 0.25) is 0 Å².